The Morgan fingerprint density at radius 1 is 1.33 bits per heavy atom. The van der Waals surface area contributed by atoms with Crippen molar-refractivity contribution in [3.63, 3.8) is 0 Å². The van der Waals surface area contributed by atoms with Crippen molar-refractivity contribution >= 4 is 5.65 Å². The molecular formula is C19H23N3O2. The van der Waals surface area contributed by atoms with Crippen molar-refractivity contribution in [1.29, 1.82) is 0 Å². The Bertz CT molecular complexity index is 809. The highest BCUT2D eigenvalue weighted by Gasteiger charge is 2.29. The predicted octanol–water partition coefficient (Wildman–Crippen LogP) is 3.32. The summed E-state index contributed by atoms with van der Waals surface area (Å²) in [6.45, 7) is 4.01. The van der Waals surface area contributed by atoms with Gasteiger partial charge in [-0.3, -0.25) is 4.90 Å². The third-order valence-electron chi connectivity index (χ3n) is 5.05. The van der Waals surface area contributed by atoms with Crippen LogP contribution in [0.4, 0.5) is 0 Å². The molecule has 0 amide bonds. The Morgan fingerprint density at radius 3 is 3.08 bits per heavy atom. The van der Waals surface area contributed by atoms with Gasteiger partial charge in [0.15, 0.2) is 0 Å². The van der Waals surface area contributed by atoms with Gasteiger partial charge in [-0.15, -0.1) is 0 Å². The molecule has 0 aliphatic carbocycles. The predicted molar refractivity (Wildman–Crippen MR) is 91.6 cm³/mol. The van der Waals surface area contributed by atoms with E-state index >= 15 is 0 Å². The first-order chi connectivity index (χ1) is 11.7. The number of nitrogens with zero attached hydrogens (tertiary/aromatic N) is 3. The van der Waals surface area contributed by atoms with E-state index in [9.17, 15) is 5.11 Å². The van der Waals surface area contributed by atoms with Gasteiger partial charge >= 0.3 is 0 Å². The van der Waals surface area contributed by atoms with Crippen LogP contribution in [0.25, 0.3) is 5.65 Å². The second-order valence-electron chi connectivity index (χ2n) is 6.61. The average Bonchev–Trinajstić information content (AvgIpc) is 3.30. The molecule has 0 saturated carbocycles. The molecule has 0 spiro atoms. The molecule has 3 aromatic heterocycles. The van der Waals surface area contributed by atoms with Crippen LogP contribution in [0.5, 0.6) is 0 Å². The van der Waals surface area contributed by atoms with Crippen LogP contribution < -0.4 is 0 Å². The zero-order chi connectivity index (χ0) is 16.5. The van der Waals surface area contributed by atoms with E-state index in [1.807, 2.05) is 30.3 Å². The molecule has 3 aromatic rings. The molecule has 4 rings (SSSR count). The average molecular weight is 325 g/mol. The molecule has 1 aliphatic heterocycles. The molecule has 2 atom stereocenters. The Balaban J connectivity index is 1.51. The van der Waals surface area contributed by atoms with Gasteiger partial charge in [0, 0.05) is 18.8 Å². The summed E-state index contributed by atoms with van der Waals surface area (Å²) < 4.78 is 7.52. The van der Waals surface area contributed by atoms with Crippen molar-refractivity contribution in [2.75, 3.05) is 6.54 Å². The summed E-state index contributed by atoms with van der Waals surface area (Å²) in [5.74, 6) is 0.660. The molecule has 5 heteroatoms. The van der Waals surface area contributed by atoms with Crippen LogP contribution in [0.1, 0.15) is 42.5 Å². The fourth-order valence-electron chi connectivity index (χ4n) is 3.77. The van der Waals surface area contributed by atoms with E-state index in [1.165, 1.54) is 12.1 Å². The SMILES string of the molecule is Cc1nc2ccccn2c1CN1CCCC1CC(O)c1ccco1. The van der Waals surface area contributed by atoms with Crippen LogP contribution in [0, 0.1) is 6.92 Å². The molecule has 4 heterocycles. The fourth-order valence-corrected chi connectivity index (χ4v) is 3.77. The summed E-state index contributed by atoms with van der Waals surface area (Å²) in [7, 11) is 0. The number of aliphatic hydroxyl groups excluding tert-OH is 1. The first-order valence-electron chi connectivity index (χ1n) is 8.60. The number of hydrogen-bond acceptors (Lipinski definition) is 4. The first-order valence-corrected chi connectivity index (χ1v) is 8.60. The molecular weight excluding hydrogens is 302 g/mol. The molecule has 1 fully saturated rings. The molecule has 0 aromatic carbocycles. The van der Waals surface area contributed by atoms with Gasteiger partial charge in [-0.1, -0.05) is 6.07 Å². The second kappa shape index (κ2) is 6.42. The number of hydrogen-bond donors (Lipinski definition) is 1. The maximum absolute atomic E-state index is 10.4. The number of rotatable bonds is 5. The van der Waals surface area contributed by atoms with E-state index in [1.54, 1.807) is 6.26 Å². The number of likely N-dealkylation sites (tertiary alicyclic amines) is 1. The standard InChI is InChI=1S/C19H23N3O2/c1-14-16(22-10-3-2-8-19(22)20-14)13-21-9-4-6-15(21)12-17(23)18-7-5-11-24-18/h2-3,5,7-8,10-11,15,17,23H,4,6,9,12-13H2,1H3. The molecule has 0 radical (unpaired) electrons. The minimum Gasteiger partial charge on any atom is -0.467 e. The van der Waals surface area contributed by atoms with Crippen molar-refractivity contribution < 1.29 is 9.52 Å². The van der Waals surface area contributed by atoms with Gasteiger partial charge < -0.3 is 13.9 Å². The highest BCUT2D eigenvalue weighted by Crippen LogP contribution is 2.29. The fraction of sp³-hybridized carbons (Fsp3) is 0.421. The highest BCUT2D eigenvalue weighted by atomic mass is 16.4. The van der Waals surface area contributed by atoms with Gasteiger partial charge in [-0.2, -0.15) is 0 Å². The topological polar surface area (TPSA) is 53.9 Å². The lowest BCUT2D eigenvalue weighted by Gasteiger charge is -2.26. The van der Waals surface area contributed by atoms with E-state index < -0.39 is 6.10 Å². The molecule has 5 nitrogen and oxygen atoms in total. The third-order valence-corrected chi connectivity index (χ3v) is 5.05. The maximum Gasteiger partial charge on any atom is 0.137 e. The number of aliphatic hydroxyl groups is 1. The van der Waals surface area contributed by atoms with E-state index in [0.29, 0.717) is 18.2 Å². The Labute approximate surface area is 141 Å². The molecule has 24 heavy (non-hydrogen) atoms. The highest BCUT2D eigenvalue weighted by molar-refractivity contribution is 5.42. The van der Waals surface area contributed by atoms with Crippen LogP contribution in [0.2, 0.25) is 0 Å². The Hall–Kier alpha value is -2.11. The summed E-state index contributed by atoms with van der Waals surface area (Å²) in [4.78, 5) is 7.12. The summed E-state index contributed by atoms with van der Waals surface area (Å²) >= 11 is 0. The van der Waals surface area contributed by atoms with Gasteiger partial charge in [0.05, 0.1) is 17.7 Å². The lowest BCUT2D eigenvalue weighted by atomic mass is 10.0. The minimum absolute atomic E-state index is 0.374. The molecule has 2 unspecified atom stereocenters. The van der Waals surface area contributed by atoms with Gasteiger partial charge in [-0.25, -0.2) is 4.98 Å². The molecule has 0 bridgehead atoms. The van der Waals surface area contributed by atoms with Gasteiger partial charge in [0.2, 0.25) is 0 Å². The molecule has 1 saturated heterocycles. The third kappa shape index (κ3) is 2.85. The number of furan rings is 1. The zero-order valence-electron chi connectivity index (χ0n) is 13.9. The normalized spacial score (nSPS) is 20.0. The van der Waals surface area contributed by atoms with Crippen LogP contribution in [-0.2, 0) is 6.54 Å². The number of aromatic nitrogens is 2. The van der Waals surface area contributed by atoms with E-state index in [0.717, 1.165) is 30.9 Å². The number of aryl methyl sites for hydroxylation is 1. The van der Waals surface area contributed by atoms with Crippen molar-refractivity contribution in [1.82, 2.24) is 14.3 Å². The lowest BCUT2D eigenvalue weighted by Crippen LogP contribution is -2.31. The van der Waals surface area contributed by atoms with Crippen molar-refractivity contribution in [2.45, 2.75) is 44.9 Å². The van der Waals surface area contributed by atoms with Gasteiger partial charge in [-0.05, 0) is 57.0 Å². The number of imidazole rings is 1. The van der Waals surface area contributed by atoms with Gasteiger partial charge in [0.25, 0.3) is 0 Å². The van der Waals surface area contributed by atoms with Crippen LogP contribution in [0.3, 0.4) is 0 Å². The monoisotopic (exact) mass is 325 g/mol. The Morgan fingerprint density at radius 2 is 2.25 bits per heavy atom. The summed E-state index contributed by atoms with van der Waals surface area (Å²) in [6, 6.07) is 10.1. The smallest absolute Gasteiger partial charge is 0.137 e. The molecule has 1 N–H and O–H groups in total. The zero-order valence-corrected chi connectivity index (χ0v) is 13.9. The first kappa shape index (κ1) is 15.4. The summed E-state index contributed by atoms with van der Waals surface area (Å²) in [5, 5.41) is 10.4. The van der Waals surface area contributed by atoms with E-state index in [4.69, 9.17) is 4.42 Å². The van der Waals surface area contributed by atoms with Crippen LogP contribution in [-0.4, -0.2) is 32.0 Å². The van der Waals surface area contributed by atoms with Crippen molar-refractivity contribution in [2.24, 2.45) is 0 Å². The van der Waals surface area contributed by atoms with E-state index in [-0.39, 0.29) is 0 Å². The molecule has 126 valence electrons. The number of pyridine rings is 1. The van der Waals surface area contributed by atoms with E-state index in [2.05, 4.69) is 27.4 Å². The second-order valence-corrected chi connectivity index (χ2v) is 6.61. The quantitative estimate of drug-likeness (QED) is 0.782. The number of fused-ring (bicyclic) bond motifs is 1. The van der Waals surface area contributed by atoms with Crippen LogP contribution in [0.15, 0.2) is 47.2 Å². The Kier molecular flexibility index (Phi) is 4.12. The van der Waals surface area contributed by atoms with Crippen molar-refractivity contribution in [3.8, 4) is 0 Å². The summed E-state index contributed by atoms with van der Waals surface area (Å²) in [5.41, 5.74) is 3.32. The lowest BCUT2D eigenvalue weighted by molar-refractivity contribution is 0.0990. The van der Waals surface area contributed by atoms with Crippen LogP contribution >= 0.6 is 0 Å². The minimum atomic E-state index is -0.533. The molecule has 1 aliphatic rings. The largest absolute Gasteiger partial charge is 0.467 e. The summed E-state index contributed by atoms with van der Waals surface area (Å²) in [6.07, 6.45) is 6.16. The van der Waals surface area contributed by atoms with Crippen molar-refractivity contribution in [3.05, 3.63) is 59.9 Å². The maximum atomic E-state index is 10.4. The van der Waals surface area contributed by atoms with Gasteiger partial charge in [0.1, 0.15) is 17.5 Å².